The molecule has 0 radical (unpaired) electrons. The zero-order chi connectivity index (χ0) is 24.8. The number of aromatic nitrogens is 1. The van der Waals surface area contributed by atoms with Gasteiger partial charge in [-0.25, -0.2) is 4.99 Å². The normalized spacial score (nSPS) is 20.7. The number of hydrogen-bond donors (Lipinski definition) is 2. The van der Waals surface area contributed by atoms with Crippen molar-refractivity contribution in [2.75, 3.05) is 38.5 Å². The third-order valence-corrected chi connectivity index (χ3v) is 6.43. The molecule has 1 amide bonds. The number of nitrogens with one attached hydrogen (secondary N) is 2. The molecule has 2 N–H and O–H groups in total. The Morgan fingerprint density at radius 2 is 1.94 bits per heavy atom. The van der Waals surface area contributed by atoms with Crippen molar-refractivity contribution in [1.29, 1.82) is 0 Å². The number of amidine groups is 1. The van der Waals surface area contributed by atoms with E-state index in [0.29, 0.717) is 11.5 Å². The predicted octanol–water partition coefficient (Wildman–Crippen LogP) is 4.38. The summed E-state index contributed by atoms with van der Waals surface area (Å²) in [5.74, 6) is 2.14. The van der Waals surface area contributed by atoms with Crippen LogP contribution < -0.4 is 10.6 Å². The monoisotopic (exact) mass is 472 g/mol. The average molecular weight is 473 g/mol. The number of likely N-dealkylation sites (N-methyl/N-ethyl adjacent to an activating group) is 1. The Bertz CT molecular complexity index is 1130. The Balaban J connectivity index is 1.48. The summed E-state index contributed by atoms with van der Waals surface area (Å²) in [7, 11) is 2.16. The predicted molar refractivity (Wildman–Crippen MR) is 142 cm³/mol. The highest BCUT2D eigenvalue weighted by Gasteiger charge is 2.18. The van der Waals surface area contributed by atoms with Crippen molar-refractivity contribution in [1.82, 2.24) is 20.1 Å². The molecular weight excluding hydrogens is 436 g/mol. The van der Waals surface area contributed by atoms with Crippen LogP contribution in [0.2, 0.25) is 0 Å². The van der Waals surface area contributed by atoms with E-state index in [1.807, 2.05) is 31.2 Å². The summed E-state index contributed by atoms with van der Waals surface area (Å²) in [5, 5.41) is 6.61. The van der Waals surface area contributed by atoms with Gasteiger partial charge in [0.05, 0.1) is 11.6 Å². The summed E-state index contributed by atoms with van der Waals surface area (Å²) in [6.45, 7) is 10.3. The van der Waals surface area contributed by atoms with Crippen LogP contribution in [0.25, 0.3) is 0 Å². The maximum absolute atomic E-state index is 12.7. The van der Waals surface area contributed by atoms with Crippen molar-refractivity contribution in [3.8, 4) is 0 Å². The summed E-state index contributed by atoms with van der Waals surface area (Å²) in [6, 6.07) is 9.81. The molecule has 2 aromatic rings. The maximum atomic E-state index is 12.7. The number of carbonyl (C=O) groups is 1. The smallest absolute Gasteiger partial charge is 0.257 e. The van der Waals surface area contributed by atoms with Crippen molar-refractivity contribution in [2.45, 2.75) is 33.2 Å². The number of amides is 1. The summed E-state index contributed by atoms with van der Waals surface area (Å²) < 4.78 is 0. The number of pyridine rings is 1. The lowest BCUT2D eigenvalue weighted by atomic mass is 10.0. The molecule has 1 saturated heterocycles. The Morgan fingerprint density at radius 1 is 1.14 bits per heavy atom. The quantitative estimate of drug-likeness (QED) is 0.676. The number of anilines is 1. The van der Waals surface area contributed by atoms with E-state index in [2.05, 4.69) is 70.6 Å². The Morgan fingerprint density at radius 3 is 2.71 bits per heavy atom. The fourth-order valence-electron chi connectivity index (χ4n) is 4.29. The molecule has 4 rings (SSSR count). The second kappa shape index (κ2) is 11.3. The molecule has 0 saturated carbocycles. The van der Waals surface area contributed by atoms with Gasteiger partial charge in [0.25, 0.3) is 5.91 Å². The fraction of sp³-hybridized carbons (Fsp3) is 0.393. The standard InChI is InChI=1S/C28H36N6O/c1-20-7-5-10-27(34-13-11-33(4)12-14-34)32-26(16-20)30-22(3)23-8-6-9-25(17-23)31-28(35)24-15-21(2)18-29-19-24/h5-6,8-10,15-20,22,30H,7,11-14H2,1-4H3,(H,31,35)/b10-5+,26-16?,32-27?/t20?,22-/m0/s1. The van der Waals surface area contributed by atoms with Gasteiger partial charge in [-0.2, -0.15) is 0 Å². The molecule has 35 heavy (non-hydrogen) atoms. The summed E-state index contributed by atoms with van der Waals surface area (Å²) >= 11 is 0. The van der Waals surface area contributed by atoms with Crippen LogP contribution in [0, 0.1) is 12.8 Å². The van der Waals surface area contributed by atoms with Crippen LogP contribution in [-0.4, -0.2) is 59.8 Å². The first-order valence-electron chi connectivity index (χ1n) is 12.4. The van der Waals surface area contributed by atoms with Gasteiger partial charge in [0.2, 0.25) is 0 Å². The van der Waals surface area contributed by atoms with Gasteiger partial charge in [-0.3, -0.25) is 9.78 Å². The zero-order valence-electron chi connectivity index (χ0n) is 21.2. The SMILES string of the molecule is Cc1cncc(C(=O)Nc2cccc([C@H](C)NC3=CC(C)C/C=C/C(N4CCN(C)CC4)=N3)c2)c1. The molecule has 1 fully saturated rings. The lowest BCUT2D eigenvalue weighted by Crippen LogP contribution is -2.47. The molecule has 2 aliphatic rings. The maximum Gasteiger partial charge on any atom is 0.257 e. The van der Waals surface area contributed by atoms with Gasteiger partial charge in [-0.15, -0.1) is 0 Å². The Labute approximate surface area is 208 Å². The topological polar surface area (TPSA) is 72.9 Å². The van der Waals surface area contributed by atoms with Gasteiger partial charge >= 0.3 is 0 Å². The number of benzene rings is 1. The molecular formula is C28H36N6O. The molecule has 0 bridgehead atoms. The number of hydrogen-bond acceptors (Lipinski definition) is 6. The Kier molecular flexibility index (Phi) is 7.98. The lowest BCUT2D eigenvalue weighted by molar-refractivity contribution is 0.102. The van der Waals surface area contributed by atoms with Crippen molar-refractivity contribution in [3.63, 3.8) is 0 Å². The molecule has 2 atom stereocenters. The van der Waals surface area contributed by atoms with Crippen molar-refractivity contribution < 1.29 is 4.79 Å². The largest absolute Gasteiger partial charge is 0.364 e. The van der Waals surface area contributed by atoms with Crippen molar-refractivity contribution in [3.05, 3.63) is 83.5 Å². The molecule has 2 aliphatic heterocycles. The molecule has 7 nitrogen and oxygen atoms in total. The molecule has 1 aromatic heterocycles. The first kappa shape index (κ1) is 24.7. The summed E-state index contributed by atoms with van der Waals surface area (Å²) in [4.78, 5) is 26.5. The van der Waals surface area contributed by atoms with E-state index in [0.717, 1.165) is 61.1 Å². The van der Waals surface area contributed by atoms with Crippen molar-refractivity contribution >= 4 is 17.4 Å². The van der Waals surface area contributed by atoms with Crippen LogP contribution in [0.4, 0.5) is 5.69 Å². The van der Waals surface area contributed by atoms with E-state index in [-0.39, 0.29) is 11.9 Å². The van der Waals surface area contributed by atoms with Crippen LogP contribution >= 0.6 is 0 Å². The third-order valence-electron chi connectivity index (χ3n) is 6.43. The number of rotatable bonds is 5. The van der Waals surface area contributed by atoms with Crippen LogP contribution in [0.1, 0.15) is 47.8 Å². The van der Waals surface area contributed by atoms with E-state index < -0.39 is 0 Å². The number of carbonyl (C=O) groups excluding carboxylic acids is 1. The lowest BCUT2D eigenvalue weighted by Gasteiger charge is -2.34. The van der Waals surface area contributed by atoms with Crippen molar-refractivity contribution in [2.24, 2.45) is 10.9 Å². The van der Waals surface area contributed by atoms with Crippen LogP contribution in [0.5, 0.6) is 0 Å². The highest BCUT2D eigenvalue weighted by Crippen LogP contribution is 2.21. The fourth-order valence-corrected chi connectivity index (χ4v) is 4.29. The highest BCUT2D eigenvalue weighted by atomic mass is 16.1. The van der Waals surface area contributed by atoms with E-state index in [1.165, 1.54) is 0 Å². The molecule has 0 aliphatic carbocycles. The first-order valence-corrected chi connectivity index (χ1v) is 12.4. The van der Waals surface area contributed by atoms with Gasteiger partial charge in [0.1, 0.15) is 11.7 Å². The molecule has 184 valence electrons. The van der Waals surface area contributed by atoms with Gasteiger partial charge in [-0.05, 0) is 74.7 Å². The molecule has 0 spiro atoms. The summed E-state index contributed by atoms with van der Waals surface area (Å²) in [5.41, 5.74) is 3.34. The molecule has 7 heteroatoms. The third kappa shape index (κ3) is 6.79. The van der Waals surface area contributed by atoms with E-state index in [9.17, 15) is 4.79 Å². The minimum absolute atomic E-state index is 0.0202. The van der Waals surface area contributed by atoms with Gasteiger partial charge in [-0.1, -0.05) is 25.1 Å². The first-order chi connectivity index (χ1) is 16.9. The summed E-state index contributed by atoms with van der Waals surface area (Å²) in [6.07, 6.45) is 10.9. The van der Waals surface area contributed by atoms with E-state index in [4.69, 9.17) is 4.99 Å². The van der Waals surface area contributed by atoms with Crippen LogP contribution in [0.3, 0.4) is 0 Å². The second-order valence-corrected chi connectivity index (χ2v) is 9.62. The van der Waals surface area contributed by atoms with Gasteiger partial charge in [0.15, 0.2) is 0 Å². The van der Waals surface area contributed by atoms with Crippen LogP contribution in [0.15, 0.2) is 71.8 Å². The number of piperazine rings is 1. The number of nitrogens with zero attached hydrogens (tertiary/aromatic N) is 4. The average Bonchev–Trinajstić information content (AvgIpc) is 2.82. The van der Waals surface area contributed by atoms with E-state index >= 15 is 0 Å². The number of allylic oxidation sites excluding steroid dienone is 2. The Hall–Kier alpha value is -3.45. The molecule has 3 heterocycles. The highest BCUT2D eigenvalue weighted by molar-refractivity contribution is 6.04. The van der Waals surface area contributed by atoms with Gasteiger partial charge in [0, 0.05) is 44.3 Å². The molecule has 1 unspecified atom stereocenters. The van der Waals surface area contributed by atoms with Gasteiger partial charge < -0.3 is 20.4 Å². The molecule has 1 aromatic carbocycles. The zero-order valence-corrected chi connectivity index (χ0v) is 21.2. The number of aryl methyl sites for hydroxylation is 1. The second-order valence-electron chi connectivity index (χ2n) is 9.62. The minimum atomic E-state index is -0.163. The van der Waals surface area contributed by atoms with Crippen LogP contribution in [-0.2, 0) is 0 Å². The van der Waals surface area contributed by atoms with E-state index in [1.54, 1.807) is 12.4 Å². The minimum Gasteiger partial charge on any atom is -0.364 e. The number of aliphatic imine (C=N–C) groups is 1.